The summed E-state index contributed by atoms with van der Waals surface area (Å²) in [6.45, 7) is 1.86. The van der Waals surface area contributed by atoms with Crippen LogP contribution < -0.4 is 4.74 Å². The van der Waals surface area contributed by atoms with E-state index < -0.39 is 5.97 Å². The monoisotopic (exact) mass is 338 g/mol. The number of benzene rings is 2. The van der Waals surface area contributed by atoms with Crippen LogP contribution in [-0.2, 0) is 9.53 Å². The number of aromatic amines is 1. The zero-order valence-corrected chi connectivity index (χ0v) is 13.7. The third kappa shape index (κ3) is 3.80. The van der Waals surface area contributed by atoms with E-state index in [1.165, 1.54) is 6.07 Å². The van der Waals surface area contributed by atoms with Gasteiger partial charge in [0.25, 0.3) is 0 Å². The molecule has 2 aromatic carbocycles. The average Bonchev–Trinajstić information content (AvgIpc) is 3.11. The van der Waals surface area contributed by atoms with E-state index in [-0.39, 0.29) is 12.4 Å². The second kappa shape index (κ2) is 7.53. The number of esters is 1. The van der Waals surface area contributed by atoms with Crippen molar-refractivity contribution in [1.29, 1.82) is 0 Å². The number of nitrogens with one attached hydrogen (secondary N) is 1. The quantitative estimate of drug-likeness (QED) is 0.673. The van der Waals surface area contributed by atoms with Gasteiger partial charge in [-0.3, -0.25) is 5.10 Å². The van der Waals surface area contributed by atoms with E-state index in [2.05, 4.69) is 10.2 Å². The van der Waals surface area contributed by atoms with Crippen molar-refractivity contribution in [3.63, 3.8) is 0 Å². The molecule has 0 saturated carbocycles. The van der Waals surface area contributed by atoms with Crippen molar-refractivity contribution in [2.24, 2.45) is 0 Å². The van der Waals surface area contributed by atoms with Gasteiger partial charge in [-0.1, -0.05) is 30.3 Å². The lowest BCUT2D eigenvalue weighted by atomic mass is 10.0. The topological polar surface area (TPSA) is 84.4 Å². The van der Waals surface area contributed by atoms with Gasteiger partial charge in [0.2, 0.25) is 0 Å². The van der Waals surface area contributed by atoms with Gasteiger partial charge in [-0.25, -0.2) is 4.79 Å². The highest BCUT2D eigenvalue weighted by Gasteiger charge is 2.14. The van der Waals surface area contributed by atoms with E-state index in [0.717, 1.165) is 16.8 Å². The van der Waals surface area contributed by atoms with Crippen LogP contribution in [-0.4, -0.2) is 34.5 Å². The van der Waals surface area contributed by atoms with Gasteiger partial charge in [-0.2, -0.15) is 5.10 Å². The van der Waals surface area contributed by atoms with Gasteiger partial charge in [0.15, 0.2) is 6.61 Å². The number of aromatic nitrogens is 2. The highest BCUT2D eigenvalue weighted by atomic mass is 16.6. The molecule has 25 heavy (non-hydrogen) atoms. The molecule has 0 spiro atoms. The Hall–Kier alpha value is -3.28. The maximum absolute atomic E-state index is 11.4. The Kier molecular flexibility index (Phi) is 4.99. The number of hydrogen-bond acceptors (Lipinski definition) is 5. The number of hydrogen-bond donors (Lipinski definition) is 2. The lowest BCUT2D eigenvalue weighted by Gasteiger charge is -2.10. The van der Waals surface area contributed by atoms with Crippen LogP contribution in [0.1, 0.15) is 6.92 Å². The Morgan fingerprint density at radius 3 is 2.72 bits per heavy atom. The Morgan fingerprint density at radius 1 is 1.16 bits per heavy atom. The number of nitrogens with zero attached hydrogens (tertiary/aromatic N) is 1. The molecule has 3 rings (SSSR count). The largest absolute Gasteiger partial charge is 0.507 e. The fraction of sp³-hybridized carbons (Fsp3) is 0.158. The van der Waals surface area contributed by atoms with Gasteiger partial charge in [0, 0.05) is 16.7 Å². The maximum Gasteiger partial charge on any atom is 0.344 e. The van der Waals surface area contributed by atoms with Crippen molar-refractivity contribution >= 4 is 5.97 Å². The molecule has 0 aliphatic carbocycles. The number of aromatic hydroxyl groups is 1. The van der Waals surface area contributed by atoms with Crippen molar-refractivity contribution in [2.45, 2.75) is 6.92 Å². The predicted molar refractivity (Wildman–Crippen MR) is 93.3 cm³/mol. The maximum atomic E-state index is 11.4. The predicted octanol–water partition coefficient (Wildman–Crippen LogP) is 3.39. The van der Waals surface area contributed by atoms with Gasteiger partial charge >= 0.3 is 5.97 Å². The summed E-state index contributed by atoms with van der Waals surface area (Å²) in [7, 11) is 0. The molecule has 1 aromatic heterocycles. The zero-order chi connectivity index (χ0) is 17.6. The van der Waals surface area contributed by atoms with E-state index >= 15 is 0 Å². The number of rotatable bonds is 6. The molecular weight excluding hydrogens is 320 g/mol. The van der Waals surface area contributed by atoms with Gasteiger partial charge in [-0.05, 0) is 25.1 Å². The van der Waals surface area contributed by atoms with Gasteiger partial charge in [0.05, 0.1) is 18.5 Å². The summed E-state index contributed by atoms with van der Waals surface area (Å²) in [4.78, 5) is 11.4. The van der Waals surface area contributed by atoms with Crippen molar-refractivity contribution < 1.29 is 19.4 Å². The molecule has 3 aromatic rings. The molecule has 6 nitrogen and oxygen atoms in total. The highest BCUT2D eigenvalue weighted by molar-refractivity contribution is 5.83. The van der Waals surface area contributed by atoms with Crippen LogP contribution in [0.2, 0.25) is 0 Å². The van der Waals surface area contributed by atoms with Crippen molar-refractivity contribution in [3.8, 4) is 33.9 Å². The van der Waals surface area contributed by atoms with Crippen LogP contribution in [0.4, 0.5) is 0 Å². The number of H-pyrrole nitrogens is 1. The first-order valence-corrected chi connectivity index (χ1v) is 7.89. The van der Waals surface area contributed by atoms with Crippen LogP contribution in [0.3, 0.4) is 0 Å². The van der Waals surface area contributed by atoms with Crippen LogP contribution >= 0.6 is 0 Å². The Balaban J connectivity index is 1.90. The SMILES string of the molecule is CCOC(=O)COc1ccc(O)c(-c2cn[nH]c2-c2ccccc2)c1. The molecule has 6 heteroatoms. The van der Waals surface area contributed by atoms with Gasteiger partial charge in [-0.15, -0.1) is 0 Å². The third-order valence-corrected chi connectivity index (χ3v) is 3.62. The normalized spacial score (nSPS) is 10.4. The van der Waals surface area contributed by atoms with Crippen molar-refractivity contribution in [1.82, 2.24) is 10.2 Å². The second-order valence-corrected chi connectivity index (χ2v) is 5.30. The van der Waals surface area contributed by atoms with E-state index in [9.17, 15) is 9.90 Å². The molecule has 0 amide bonds. The molecule has 0 radical (unpaired) electrons. The first kappa shape index (κ1) is 16.6. The number of phenols is 1. The summed E-state index contributed by atoms with van der Waals surface area (Å²) >= 11 is 0. The minimum absolute atomic E-state index is 0.0991. The summed E-state index contributed by atoms with van der Waals surface area (Å²) in [5.41, 5.74) is 3.05. The van der Waals surface area contributed by atoms with Crippen molar-refractivity contribution in [3.05, 3.63) is 54.7 Å². The van der Waals surface area contributed by atoms with E-state index in [1.54, 1.807) is 25.3 Å². The van der Waals surface area contributed by atoms with Crippen molar-refractivity contribution in [2.75, 3.05) is 13.2 Å². The number of carbonyl (C=O) groups is 1. The molecule has 0 fully saturated rings. The Bertz CT molecular complexity index is 859. The average molecular weight is 338 g/mol. The fourth-order valence-electron chi connectivity index (χ4n) is 2.48. The van der Waals surface area contributed by atoms with Gasteiger partial charge < -0.3 is 14.6 Å². The second-order valence-electron chi connectivity index (χ2n) is 5.30. The summed E-state index contributed by atoms with van der Waals surface area (Å²) < 4.78 is 10.3. The van der Waals surface area contributed by atoms with Crippen LogP contribution in [0.5, 0.6) is 11.5 Å². The molecule has 0 unspecified atom stereocenters. The van der Waals surface area contributed by atoms with Crippen LogP contribution in [0, 0.1) is 0 Å². The number of carbonyl (C=O) groups excluding carboxylic acids is 1. The standard InChI is InChI=1S/C19H18N2O4/c1-2-24-18(23)12-25-14-8-9-17(22)15(10-14)16-11-20-21-19(16)13-6-4-3-5-7-13/h3-11,22H,2,12H2,1H3,(H,20,21). The molecule has 0 saturated heterocycles. The minimum Gasteiger partial charge on any atom is -0.507 e. The van der Waals surface area contributed by atoms with E-state index in [1.807, 2.05) is 30.3 Å². The number of phenolic OH excluding ortho intramolecular Hbond substituents is 1. The Labute approximate surface area is 145 Å². The molecule has 0 bridgehead atoms. The molecule has 2 N–H and O–H groups in total. The fourth-order valence-corrected chi connectivity index (χ4v) is 2.48. The molecule has 128 valence electrons. The minimum atomic E-state index is -0.439. The Morgan fingerprint density at radius 2 is 1.96 bits per heavy atom. The van der Waals surface area contributed by atoms with E-state index in [0.29, 0.717) is 17.9 Å². The first-order valence-electron chi connectivity index (χ1n) is 7.89. The summed E-state index contributed by atoms with van der Waals surface area (Å²) in [6.07, 6.45) is 1.65. The molecule has 1 heterocycles. The summed E-state index contributed by atoms with van der Waals surface area (Å²) in [5, 5.41) is 17.3. The molecular formula is C19H18N2O4. The summed E-state index contributed by atoms with van der Waals surface area (Å²) in [5.74, 6) is 0.119. The van der Waals surface area contributed by atoms with Crippen LogP contribution in [0.15, 0.2) is 54.7 Å². The molecule has 0 aliphatic heterocycles. The lowest BCUT2D eigenvalue weighted by molar-refractivity contribution is -0.145. The van der Waals surface area contributed by atoms with Crippen LogP contribution in [0.25, 0.3) is 22.4 Å². The van der Waals surface area contributed by atoms with Gasteiger partial charge in [0.1, 0.15) is 11.5 Å². The zero-order valence-electron chi connectivity index (χ0n) is 13.7. The lowest BCUT2D eigenvalue weighted by Crippen LogP contribution is -2.14. The first-order chi connectivity index (χ1) is 12.2. The number of ether oxygens (including phenoxy) is 2. The third-order valence-electron chi connectivity index (χ3n) is 3.62. The molecule has 0 atom stereocenters. The summed E-state index contributed by atoms with van der Waals surface area (Å²) in [6, 6.07) is 14.5. The smallest absolute Gasteiger partial charge is 0.344 e. The highest BCUT2D eigenvalue weighted by Crippen LogP contribution is 2.37. The molecule has 0 aliphatic rings. The van der Waals surface area contributed by atoms with E-state index in [4.69, 9.17) is 9.47 Å².